The summed E-state index contributed by atoms with van der Waals surface area (Å²) in [6, 6.07) is 0. The molecule has 1 unspecified atom stereocenters. The average Bonchev–Trinajstić information content (AvgIpc) is 2.81. The number of aliphatic carboxylic acids is 1. The summed E-state index contributed by atoms with van der Waals surface area (Å²) in [6.45, 7) is 2.55. The first-order valence-electron chi connectivity index (χ1n) is 4.20. The van der Waals surface area contributed by atoms with Crippen LogP contribution in [0.5, 0.6) is 0 Å². The normalized spacial score (nSPS) is 21.8. The summed E-state index contributed by atoms with van der Waals surface area (Å²) in [7, 11) is 0. The van der Waals surface area contributed by atoms with Gasteiger partial charge in [-0.15, -0.1) is 0 Å². The van der Waals surface area contributed by atoms with E-state index in [1.165, 1.54) is 0 Å². The molecular formula is C8H15NO3. The van der Waals surface area contributed by atoms with Gasteiger partial charge in [0.25, 0.3) is 0 Å². The predicted octanol–water partition coefficient (Wildman–Crippen LogP) is -0.178. The minimum Gasteiger partial charge on any atom is -0.480 e. The highest BCUT2D eigenvalue weighted by atomic mass is 16.4. The van der Waals surface area contributed by atoms with Crippen LogP contribution in [0.3, 0.4) is 0 Å². The van der Waals surface area contributed by atoms with Gasteiger partial charge in [-0.25, -0.2) is 0 Å². The zero-order valence-corrected chi connectivity index (χ0v) is 7.21. The third kappa shape index (κ3) is 1.95. The lowest BCUT2D eigenvalue weighted by Crippen LogP contribution is -2.41. The Balaban J connectivity index is 2.27. The molecule has 70 valence electrons. The average molecular weight is 173 g/mol. The zero-order chi connectivity index (χ0) is 9.19. The summed E-state index contributed by atoms with van der Waals surface area (Å²) in [5.74, 6) is -0.644. The van der Waals surface area contributed by atoms with Crippen LogP contribution in [0.2, 0.25) is 0 Å². The maximum Gasteiger partial charge on any atom is 0.323 e. The Bertz CT molecular complexity index is 177. The number of carboxylic acids is 1. The van der Waals surface area contributed by atoms with Crippen molar-refractivity contribution in [3.8, 4) is 0 Å². The Hall–Kier alpha value is -0.610. The lowest BCUT2D eigenvalue weighted by Gasteiger charge is -2.14. The Labute approximate surface area is 71.6 Å². The molecule has 0 radical (unpaired) electrons. The topological polar surface area (TPSA) is 69.6 Å². The van der Waals surface area contributed by atoms with Crippen molar-refractivity contribution in [3.63, 3.8) is 0 Å². The van der Waals surface area contributed by atoms with Gasteiger partial charge in [0.1, 0.15) is 5.54 Å². The van der Waals surface area contributed by atoms with Crippen LogP contribution in [0.15, 0.2) is 0 Å². The smallest absolute Gasteiger partial charge is 0.323 e. The van der Waals surface area contributed by atoms with Crippen LogP contribution in [-0.2, 0) is 4.79 Å². The number of hydrogen-bond acceptors (Lipinski definition) is 3. The lowest BCUT2D eigenvalue weighted by molar-refractivity contribution is -0.140. The van der Waals surface area contributed by atoms with Crippen LogP contribution in [0.4, 0.5) is 0 Å². The molecule has 0 aromatic rings. The van der Waals surface area contributed by atoms with Crippen molar-refractivity contribution < 1.29 is 15.0 Å². The lowest BCUT2D eigenvalue weighted by atomic mass is 10.2. The molecule has 1 saturated carbocycles. The number of hydrogen-bond donors (Lipinski definition) is 3. The molecule has 4 nitrogen and oxygen atoms in total. The van der Waals surface area contributed by atoms with Crippen molar-refractivity contribution in [3.05, 3.63) is 0 Å². The van der Waals surface area contributed by atoms with Gasteiger partial charge in [-0.05, 0) is 18.8 Å². The maximum atomic E-state index is 10.7. The summed E-state index contributed by atoms with van der Waals surface area (Å²) >= 11 is 0. The van der Waals surface area contributed by atoms with Crippen LogP contribution in [0.1, 0.15) is 19.8 Å². The molecular weight excluding hydrogens is 158 g/mol. The van der Waals surface area contributed by atoms with E-state index in [0.29, 0.717) is 19.4 Å². The molecule has 0 aromatic heterocycles. The zero-order valence-electron chi connectivity index (χ0n) is 7.21. The van der Waals surface area contributed by atoms with E-state index in [4.69, 9.17) is 10.2 Å². The molecule has 0 saturated heterocycles. The van der Waals surface area contributed by atoms with Crippen molar-refractivity contribution in [1.29, 1.82) is 0 Å². The van der Waals surface area contributed by atoms with Crippen LogP contribution in [0.25, 0.3) is 0 Å². The number of carboxylic acid groups (broad SMARTS) is 1. The SMILES string of the molecule is CC(CO)CNC1(C(=O)O)CC1. The van der Waals surface area contributed by atoms with Gasteiger partial charge in [-0.1, -0.05) is 6.92 Å². The van der Waals surface area contributed by atoms with Gasteiger partial charge in [0, 0.05) is 13.2 Å². The predicted molar refractivity (Wildman–Crippen MR) is 43.9 cm³/mol. The quantitative estimate of drug-likeness (QED) is 0.539. The standard InChI is InChI=1S/C8H15NO3/c1-6(5-10)4-9-8(2-3-8)7(11)12/h6,9-10H,2-5H2,1H3,(H,11,12). The molecule has 0 spiro atoms. The molecule has 3 N–H and O–H groups in total. The van der Waals surface area contributed by atoms with Gasteiger partial charge in [0.05, 0.1) is 0 Å². The van der Waals surface area contributed by atoms with E-state index in [2.05, 4.69) is 5.32 Å². The molecule has 0 heterocycles. The van der Waals surface area contributed by atoms with E-state index in [0.717, 1.165) is 0 Å². The van der Waals surface area contributed by atoms with Crippen molar-refractivity contribution in [2.24, 2.45) is 5.92 Å². The van der Waals surface area contributed by atoms with E-state index in [9.17, 15) is 4.79 Å². The summed E-state index contributed by atoms with van der Waals surface area (Å²) < 4.78 is 0. The summed E-state index contributed by atoms with van der Waals surface area (Å²) in [6.07, 6.45) is 1.42. The fraction of sp³-hybridized carbons (Fsp3) is 0.875. The molecule has 0 aromatic carbocycles. The van der Waals surface area contributed by atoms with Gasteiger partial charge in [0.15, 0.2) is 0 Å². The highest BCUT2D eigenvalue weighted by Crippen LogP contribution is 2.35. The van der Waals surface area contributed by atoms with E-state index in [1.54, 1.807) is 0 Å². The number of carbonyl (C=O) groups is 1. The van der Waals surface area contributed by atoms with Gasteiger partial charge in [-0.2, -0.15) is 0 Å². The summed E-state index contributed by atoms with van der Waals surface area (Å²) in [5, 5.41) is 20.4. The van der Waals surface area contributed by atoms with E-state index in [1.807, 2.05) is 6.92 Å². The molecule has 1 rings (SSSR count). The van der Waals surface area contributed by atoms with Crippen molar-refractivity contribution in [1.82, 2.24) is 5.32 Å². The Morgan fingerprint density at radius 1 is 1.67 bits per heavy atom. The largest absolute Gasteiger partial charge is 0.480 e. The van der Waals surface area contributed by atoms with Crippen molar-refractivity contribution in [2.45, 2.75) is 25.3 Å². The molecule has 1 atom stereocenters. The second kappa shape index (κ2) is 3.41. The van der Waals surface area contributed by atoms with Gasteiger partial charge >= 0.3 is 5.97 Å². The first-order chi connectivity index (χ1) is 5.60. The molecule has 0 aliphatic heterocycles. The van der Waals surface area contributed by atoms with Crippen LogP contribution in [0, 0.1) is 5.92 Å². The highest BCUT2D eigenvalue weighted by Gasteiger charge is 2.49. The first-order valence-corrected chi connectivity index (χ1v) is 4.20. The first kappa shape index (κ1) is 9.48. The van der Waals surface area contributed by atoms with Gasteiger partial charge in [0.2, 0.25) is 0 Å². The number of nitrogens with one attached hydrogen (secondary N) is 1. The summed E-state index contributed by atoms with van der Waals surface area (Å²) in [5.41, 5.74) is -0.663. The van der Waals surface area contributed by atoms with E-state index < -0.39 is 11.5 Å². The van der Waals surface area contributed by atoms with E-state index >= 15 is 0 Å². The second-order valence-corrected chi connectivity index (χ2v) is 3.56. The van der Waals surface area contributed by atoms with Crippen LogP contribution < -0.4 is 5.32 Å². The second-order valence-electron chi connectivity index (χ2n) is 3.56. The minimum absolute atomic E-state index is 0.0999. The van der Waals surface area contributed by atoms with E-state index in [-0.39, 0.29) is 12.5 Å². The molecule has 1 aliphatic carbocycles. The monoisotopic (exact) mass is 173 g/mol. The molecule has 0 bridgehead atoms. The van der Waals surface area contributed by atoms with Crippen LogP contribution >= 0.6 is 0 Å². The third-order valence-electron chi connectivity index (χ3n) is 2.26. The summed E-state index contributed by atoms with van der Waals surface area (Å²) in [4.78, 5) is 10.7. The maximum absolute atomic E-state index is 10.7. The number of rotatable bonds is 5. The number of aliphatic hydroxyl groups is 1. The molecule has 1 fully saturated rings. The van der Waals surface area contributed by atoms with Crippen LogP contribution in [-0.4, -0.2) is 34.9 Å². The van der Waals surface area contributed by atoms with Gasteiger partial charge in [-0.3, -0.25) is 4.79 Å². The fourth-order valence-corrected chi connectivity index (χ4v) is 1.03. The third-order valence-corrected chi connectivity index (χ3v) is 2.26. The molecule has 1 aliphatic rings. The Kier molecular flexibility index (Phi) is 2.69. The van der Waals surface area contributed by atoms with Crippen molar-refractivity contribution in [2.75, 3.05) is 13.2 Å². The Morgan fingerprint density at radius 3 is 2.58 bits per heavy atom. The van der Waals surface area contributed by atoms with Crippen molar-refractivity contribution >= 4 is 5.97 Å². The number of aliphatic hydroxyl groups excluding tert-OH is 1. The molecule has 4 heteroatoms. The Morgan fingerprint density at radius 2 is 2.25 bits per heavy atom. The molecule has 12 heavy (non-hydrogen) atoms. The minimum atomic E-state index is -0.771. The molecule has 0 amide bonds. The fourth-order valence-electron chi connectivity index (χ4n) is 1.03. The highest BCUT2D eigenvalue weighted by molar-refractivity contribution is 5.82. The van der Waals surface area contributed by atoms with Gasteiger partial charge < -0.3 is 15.5 Å².